The maximum absolute atomic E-state index is 12.9. The van der Waals surface area contributed by atoms with Crippen molar-refractivity contribution >= 4 is 39.1 Å². The molecular weight excluding hydrogens is 396 g/mol. The average Bonchev–Trinajstić information content (AvgIpc) is 2.79. The summed E-state index contributed by atoms with van der Waals surface area (Å²) in [5.74, 6) is -0.432. The number of carbonyl (C=O) groups is 2. The molecule has 1 amide bonds. The van der Waals surface area contributed by atoms with Crippen LogP contribution in [0, 0.1) is 0 Å². The van der Waals surface area contributed by atoms with Crippen molar-refractivity contribution in [3.63, 3.8) is 0 Å². The van der Waals surface area contributed by atoms with Crippen LogP contribution in [0.1, 0.15) is 0 Å². The summed E-state index contributed by atoms with van der Waals surface area (Å²) in [7, 11) is 1.27. The molecule has 0 aliphatic heterocycles. The van der Waals surface area contributed by atoms with Crippen LogP contribution in [0.15, 0.2) is 77.7 Å². The third-order valence-electron chi connectivity index (χ3n) is 4.93. The summed E-state index contributed by atoms with van der Waals surface area (Å²) < 4.78 is 11.4. The van der Waals surface area contributed by atoms with E-state index in [1.807, 2.05) is 42.5 Å². The Morgan fingerprint density at radius 3 is 2.48 bits per heavy atom. The van der Waals surface area contributed by atoms with Gasteiger partial charge in [-0.3, -0.25) is 9.59 Å². The number of hydrogen-bond acceptors (Lipinski definition) is 5. The first-order chi connectivity index (χ1) is 15.1. The third kappa shape index (κ3) is 4.25. The number of hydrogen-bond donors (Lipinski definition) is 1. The van der Waals surface area contributed by atoms with Crippen LogP contribution in [0.5, 0.6) is 5.75 Å². The number of esters is 1. The number of carbonyl (C=O) groups excluding carboxylic acids is 2. The second-order valence-corrected chi connectivity index (χ2v) is 6.91. The van der Waals surface area contributed by atoms with Gasteiger partial charge in [-0.1, -0.05) is 42.5 Å². The minimum Gasteiger partial charge on any atom is -0.481 e. The van der Waals surface area contributed by atoms with Crippen molar-refractivity contribution in [1.29, 1.82) is 0 Å². The Labute approximate surface area is 177 Å². The number of nitrogens with zero attached hydrogens (tertiary/aromatic N) is 1. The lowest BCUT2D eigenvalue weighted by Gasteiger charge is -2.12. The highest BCUT2D eigenvalue weighted by atomic mass is 16.6. The van der Waals surface area contributed by atoms with Crippen LogP contribution in [0.3, 0.4) is 0 Å². The smallest absolute Gasteiger partial charge is 0.343 e. The molecule has 156 valence electrons. The molecule has 0 aliphatic rings. The fourth-order valence-electron chi connectivity index (χ4n) is 3.41. The number of methoxy groups -OCH3 is 1. The fraction of sp³-hybridized carbons (Fsp3) is 0.125. The molecule has 31 heavy (non-hydrogen) atoms. The minimum atomic E-state index is -0.518. The van der Waals surface area contributed by atoms with Crippen molar-refractivity contribution in [3.05, 3.63) is 83.3 Å². The topological polar surface area (TPSA) is 86.6 Å². The first-order valence-electron chi connectivity index (χ1n) is 9.66. The molecule has 3 aromatic carbocycles. The van der Waals surface area contributed by atoms with E-state index in [0.717, 1.165) is 10.8 Å². The molecule has 0 unspecified atom stereocenters. The molecule has 1 heterocycles. The van der Waals surface area contributed by atoms with Crippen LogP contribution in [0.2, 0.25) is 0 Å². The van der Waals surface area contributed by atoms with E-state index in [1.54, 1.807) is 30.5 Å². The summed E-state index contributed by atoms with van der Waals surface area (Å²) >= 11 is 0. The Hall–Kier alpha value is -4.13. The van der Waals surface area contributed by atoms with Crippen LogP contribution in [0.25, 0.3) is 21.5 Å². The monoisotopic (exact) mass is 416 g/mol. The molecule has 0 saturated heterocycles. The van der Waals surface area contributed by atoms with Gasteiger partial charge in [0.25, 0.3) is 5.56 Å². The van der Waals surface area contributed by atoms with Gasteiger partial charge in [0.2, 0.25) is 5.91 Å². The Balaban J connectivity index is 1.57. The van der Waals surface area contributed by atoms with E-state index in [0.29, 0.717) is 22.2 Å². The average molecular weight is 416 g/mol. The zero-order valence-electron chi connectivity index (χ0n) is 16.8. The summed E-state index contributed by atoms with van der Waals surface area (Å²) in [6, 6.07) is 20.1. The molecule has 0 aliphatic carbocycles. The molecule has 0 saturated carbocycles. The highest BCUT2D eigenvalue weighted by Gasteiger charge is 2.12. The largest absolute Gasteiger partial charge is 0.481 e. The Kier molecular flexibility index (Phi) is 5.66. The Bertz CT molecular complexity index is 1340. The van der Waals surface area contributed by atoms with Crippen molar-refractivity contribution in [2.75, 3.05) is 19.0 Å². The van der Waals surface area contributed by atoms with Gasteiger partial charge in [-0.2, -0.15) is 0 Å². The van der Waals surface area contributed by atoms with Gasteiger partial charge in [0.05, 0.1) is 12.5 Å². The van der Waals surface area contributed by atoms with Gasteiger partial charge in [-0.15, -0.1) is 0 Å². The van der Waals surface area contributed by atoms with Crippen LogP contribution >= 0.6 is 0 Å². The van der Waals surface area contributed by atoms with E-state index < -0.39 is 5.97 Å². The number of rotatable bonds is 6. The number of anilines is 1. The van der Waals surface area contributed by atoms with Gasteiger partial charge in [-0.25, -0.2) is 4.79 Å². The first-order valence-corrected chi connectivity index (χ1v) is 9.66. The lowest BCUT2D eigenvalue weighted by atomic mass is 10.1. The highest BCUT2D eigenvalue weighted by Crippen LogP contribution is 2.24. The zero-order chi connectivity index (χ0) is 21.8. The number of pyridine rings is 1. The molecule has 0 fully saturated rings. The van der Waals surface area contributed by atoms with E-state index in [9.17, 15) is 14.4 Å². The molecule has 7 nitrogen and oxygen atoms in total. The zero-order valence-corrected chi connectivity index (χ0v) is 16.8. The van der Waals surface area contributed by atoms with E-state index in [1.165, 1.54) is 11.7 Å². The third-order valence-corrected chi connectivity index (χ3v) is 4.93. The number of aromatic nitrogens is 1. The van der Waals surface area contributed by atoms with Gasteiger partial charge in [0.15, 0.2) is 6.61 Å². The standard InChI is InChI=1S/C24H20N2O5/c1-30-23(28)15-31-21-11-5-9-19-18(21)12-13-26(24(19)29)14-22(27)25-20-10-4-7-16-6-2-3-8-17(16)20/h2-13H,14-15H2,1H3,(H,25,27). The summed E-state index contributed by atoms with van der Waals surface area (Å²) in [4.78, 5) is 36.9. The maximum atomic E-state index is 12.9. The van der Waals surface area contributed by atoms with Crippen LogP contribution < -0.4 is 15.6 Å². The molecule has 0 atom stereocenters. The van der Waals surface area contributed by atoms with Gasteiger partial charge >= 0.3 is 5.97 Å². The summed E-state index contributed by atoms with van der Waals surface area (Å²) in [6.07, 6.45) is 1.54. The van der Waals surface area contributed by atoms with Gasteiger partial charge in [0, 0.05) is 22.7 Å². The lowest BCUT2D eigenvalue weighted by molar-refractivity contribution is -0.142. The predicted molar refractivity (Wildman–Crippen MR) is 118 cm³/mol. The SMILES string of the molecule is COC(=O)COc1cccc2c(=O)n(CC(=O)Nc3cccc4ccccc34)ccc12. The van der Waals surface area contributed by atoms with Gasteiger partial charge < -0.3 is 19.4 Å². The molecule has 1 N–H and O–H groups in total. The predicted octanol–water partition coefficient (Wildman–Crippen LogP) is 3.35. The minimum absolute atomic E-state index is 0.134. The molecular formula is C24H20N2O5. The highest BCUT2D eigenvalue weighted by molar-refractivity contribution is 6.02. The molecule has 0 bridgehead atoms. The van der Waals surface area contributed by atoms with Crippen molar-refractivity contribution < 1.29 is 19.1 Å². The van der Waals surface area contributed by atoms with Crippen LogP contribution in [-0.2, 0) is 20.9 Å². The first kappa shape index (κ1) is 20.2. The van der Waals surface area contributed by atoms with E-state index in [-0.39, 0.29) is 24.6 Å². The number of benzene rings is 3. The van der Waals surface area contributed by atoms with Gasteiger partial charge in [0.1, 0.15) is 12.3 Å². The van der Waals surface area contributed by atoms with Crippen molar-refractivity contribution in [3.8, 4) is 5.75 Å². The number of amides is 1. The number of nitrogens with one attached hydrogen (secondary N) is 1. The van der Waals surface area contributed by atoms with Crippen molar-refractivity contribution in [2.45, 2.75) is 6.54 Å². The summed E-state index contributed by atoms with van der Waals surface area (Å²) in [5, 5.41) is 5.78. The fourth-order valence-corrected chi connectivity index (χ4v) is 3.41. The molecule has 0 radical (unpaired) electrons. The van der Waals surface area contributed by atoms with Crippen molar-refractivity contribution in [1.82, 2.24) is 4.57 Å². The second-order valence-electron chi connectivity index (χ2n) is 6.91. The molecule has 0 spiro atoms. The Morgan fingerprint density at radius 1 is 0.903 bits per heavy atom. The number of fused-ring (bicyclic) bond motifs is 2. The molecule has 7 heteroatoms. The Morgan fingerprint density at radius 2 is 1.65 bits per heavy atom. The maximum Gasteiger partial charge on any atom is 0.343 e. The number of ether oxygens (including phenoxy) is 2. The lowest BCUT2D eigenvalue weighted by Crippen LogP contribution is -2.27. The van der Waals surface area contributed by atoms with Crippen LogP contribution in [-0.4, -0.2) is 30.2 Å². The molecule has 4 rings (SSSR count). The quantitative estimate of drug-likeness (QED) is 0.487. The van der Waals surface area contributed by atoms with E-state index >= 15 is 0 Å². The summed E-state index contributed by atoms with van der Waals surface area (Å²) in [5.41, 5.74) is 0.365. The summed E-state index contributed by atoms with van der Waals surface area (Å²) in [6.45, 7) is -0.391. The van der Waals surface area contributed by atoms with Gasteiger partial charge in [-0.05, 0) is 29.7 Å². The molecule has 4 aromatic rings. The normalized spacial score (nSPS) is 10.7. The van der Waals surface area contributed by atoms with E-state index in [4.69, 9.17) is 4.74 Å². The van der Waals surface area contributed by atoms with Crippen LogP contribution in [0.4, 0.5) is 5.69 Å². The second kappa shape index (κ2) is 8.71. The molecule has 1 aromatic heterocycles. The van der Waals surface area contributed by atoms with E-state index in [2.05, 4.69) is 10.1 Å². The van der Waals surface area contributed by atoms with Crippen molar-refractivity contribution in [2.24, 2.45) is 0 Å².